The molecule has 4 aromatic carbocycles. The van der Waals surface area contributed by atoms with Crippen molar-refractivity contribution in [2.45, 2.75) is 23.9 Å². The van der Waals surface area contributed by atoms with Gasteiger partial charge in [0.1, 0.15) is 17.7 Å². The molecule has 0 aromatic heterocycles. The standard InChI is InChI=1S/C29H22F2N2O5S/c30-22-11-14-24(25(31)16-22)19-9-12-23(13-10-19)39(37,38)33-26-4-2-1-3-21(26)15-27(33)28(34)32-17-18-5-7-20(8-6-18)29(35)36/h1-14,16,27H,15,17H2,(H,32,34)(H,35,36). The number of nitrogens with zero attached hydrogens (tertiary/aromatic N) is 1. The van der Waals surface area contributed by atoms with Crippen LogP contribution in [-0.2, 0) is 27.8 Å². The normalized spacial score (nSPS) is 14.6. The highest BCUT2D eigenvalue weighted by atomic mass is 32.2. The van der Waals surface area contributed by atoms with Crippen LogP contribution in [0, 0.1) is 11.6 Å². The van der Waals surface area contributed by atoms with Crippen LogP contribution in [0.4, 0.5) is 14.5 Å². The van der Waals surface area contributed by atoms with Crippen molar-refractivity contribution in [1.29, 1.82) is 0 Å². The minimum atomic E-state index is -4.21. The summed E-state index contributed by atoms with van der Waals surface area (Å²) >= 11 is 0. The van der Waals surface area contributed by atoms with Gasteiger partial charge in [-0.2, -0.15) is 0 Å². The monoisotopic (exact) mass is 548 g/mol. The summed E-state index contributed by atoms with van der Waals surface area (Å²) in [5.74, 6) is -3.06. The van der Waals surface area contributed by atoms with Gasteiger partial charge in [0.05, 0.1) is 16.1 Å². The van der Waals surface area contributed by atoms with E-state index in [1.165, 1.54) is 42.5 Å². The minimum Gasteiger partial charge on any atom is -0.478 e. The van der Waals surface area contributed by atoms with Gasteiger partial charge in [-0.3, -0.25) is 9.10 Å². The second kappa shape index (κ2) is 10.3. The Morgan fingerprint density at radius 2 is 1.62 bits per heavy atom. The number of anilines is 1. The second-order valence-corrected chi connectivity index (χ2v) is 10.8. The van der Waals surface area contributed by atoms with E-state index in [0.717, 1.165) is 16.4 Å². The number of amides is 1. The number of halogens is 2. The summed E-state index contributed by atoms with van der Waals surface area (Å²) in [5, 5.41) is 11.8. The quantitative estimate of drug-likeness (QED) is 0.347. The van der Waals surface area contributed by atoms with Gasteiger partial charge in [-0.1, -0.05) is 42.5 Å². The van der Waals surface area contributed by atoms with Crippen LogP contribution in [0.5, 0.6) is 0 Å². The first kappa shape index (κ1) is 26.1. The molecule has 0 radical (unpaired) electrons. The van der Waals surface area contributed by atoms with Crippen LogP contribution in [0.1, 0.15) is 21.5 Å². The predicted molar refractivity (Wildman–Crippen MR) is 141 cm³/mol. The summed E-state index contributed by atoms with van der Waals surface area (Å²) in [4.78, 5) is 24.2. The van der Waals surface area contributed by atoms with E-state index in [-0.39, 0.29) is 29.0 Å². The number of carbonyl (C=O) groups excluding carboxylic acids is 1. The molecule has 1 aliphatic rings. The zero-order valence-corrected chi connectivity index (χ0v) is 21.2. The average Bonchev–Trinajstić information content (AvgIpc) is 3.33. The molecule has 2 N–H and O–H groups in total. The van der Waals surface area contributed by atoms with E-state index in [1.54, 1.807) is 36.4 Å². The number of carboxylic acid groups (broad SMARTS) is 1. The van der Waals surface area contributed by atoms with Crippen LogP contribution in [0.3, 0.4) is 0 Å². The summed E-state index contributed by atoms with van der Waals surface area (Å²) in [6.45, 7) is 0.0808. The fourth-order valence-corrected chi connectivity index (χ4v) is 6.22. The molecule has 4 aromatic rings. The summed E-state index contributed by atoms with van der Waals surface area (Å²) in [6.07, 6.45) is 0.165. The Bertz CT molecular complexity index is 1670. The van der Waals surface area contributed by atoms with Gasteiger partial charge in [0, 0.05) is 24.6 Å². The molecule has 0 spiro atoms. The largest absolute Gasteiger partial charge is 0.478 e. The van der Waals surface area contributed by atoms with Crippen molar-refractivity contribution in [3.63, 3.8) is 0 Å². The maximum atomic E-state index is 14.2. The third kappa shape index (κ3) is 5.10. The Hall–Kier alpha value is -4.57. The summed E-state index contributed by atoms with van der Waals surface area (Å²) in [6, 6.07) is 20.5. The summed E-state index contributed by atoms with van der Waals surface area (Å²) in [5.41, 5.74) is 2.34. The molecule has 10 heteroatoms. The third-order valence-corrected chi connectivity index (χ3v) is 8.39. The van der Waals surface area contributed by atoms with Gasteiger partial charge in [0.15, 0.2) is 0 Å². The van der Waals surface area contributed by atoms with E-state index < -0.39 is 39.6 Å². The van der Waals surface area contributed by atoms with Crippen LogP contribution < -0.4 is 9.62 Å². The molecule has 1 heterocycles. The van der Waals surface area contributed by atoms with E-state index in [9.17, 15) is 26.8 Å². The topological polar surface area (TPSA) is 104 Å². The molecule has 0 fully saturated rings. The van der Waals surface area contributed by atoms with Crippen molar-refractivity contribution in [3.05, 3.63) is 119 Å². The molecule has 1 atom stereocenters. The molecular weight excluding hydrogens is 526 g/mol. The first-order chi connectivity index (χ1) is 18.6. The number of rotatable bonds is 7. The molecule has 0 saturated heterocycles. The van der Waals surface area contributed by atoms with Gasteiger partial charge >= 0.3 is 5.97 Å². The first-order valence-electron chi connectivity index (χ1n) is 11.9. The molecule has 0 aliphatic carbocycles. The summed E-state index contributed by atoms with van der Waals surface area (Å²) < 4.78 is 56.3. The number of para-hydroxylation sites is 1. The van der Waals surface area contributed by atoms with Crippen LogP contribution in [0.2, 0.25) is 0 Å². The molecule has 5 rings (SSSR count). The van der Waals surface area contributed by atoms with Gasteiger partial charge in [0.25, 0.3) is 10.0 Å². The molecule has 198 valence electrons. The Morgan fingerprint density at radius 1 is 0.923 bits per heavy atom. The molecule has 1 amide bonds. The predicted octanol–water partition coefficient (Wildman–Crippen LogP) is 4.77. The van der Waals surface area contributed by atoms with Crippen LogP contribution >= 0.6 is 0 Å². The summed E-state index contributed by atoms with van der Waals surface area (Å²) in [7, 11) is -4.21. The molecular formula is C29H22F2N2O5S. The maximum absolute atomic E-state index is 14.2. The van der Waals surface area contributed by atoms with Crippen molar-refractivity contribution in [1.82, 2.24) is 5.32 Å². The zero-order valence-electron chi connectivity index (χ0n) is 20.3. The first-order valence-corrected chi connectivity index (χ1v) is 13.4. The van der Waals surface area contributed by atoms with Gasteiger partial charge in [-0.05, 0) is 59.2 Å². The van der Waals surface area contributed by atoms with Crippen LogP contribution in [-0.4, -0.2) is 31.4 Å². The van der Waals surface area contributed by atoms with Crippen molar-refractivity contribution in [3.8, 4) is 11.1 Å². The molecule has 1 aliphatic heterocycles. The molecule has 0 bridgehead atoms. The van der Waals surface area contributed by atoms with Crippen molar-refractivity contribution >= 4 is 27.6 Å². The van der Waals surface area contributed by atoms with E-state index in [4.69, 9.17) is 5.11 Å². The minimum absolute atomic E-state index is 0.0808. The number of aromatic carboxylic acids is 1. The van der Waals surface area contributed by atoms with Crippen LogP contribution in [0.15, 0.2) is 95.9 Å². The average molecular weight is 549 g/mol. The number of benzene rings is 4. The Balaban J connectivity index is 1.41. The molecule has 0 saturated carbocycles. The number of hydrogen-bond donors (Lipinski definition) is 2. The smallest absolute Gasteiger partial charge is 0.335 e. The lowest BCUT2D eigenvalue weighted by Gasteiger charge is -2.26. The fraction of sp³-hybridized carbons (Fsp3) is 0.103. The number of nitrogens with one attached hydrogen (secondary N) is 1. The fourth-order valence-electron chi connectivity index (χ4n) is 4.57. The number of hydrogen-bond acceptors (Lipinski definition) is 4. The van der Waals surface area contributed by atoms with E-state index in [1.807, 2.05) is 0 Å². The highest BCUT2D eigenvalue weighted by Crippen LogP contribution is 2.37. The van der Waals surface area contributed by atoms with Gasteiger partial charge in [-0.25, -0.2) is 22.0 Å². The van der Waals surface area contributed by atoms with Crippen molar-refractivity contribution < 1.29 is 31.9 Å². The highest BCUT2D eigenvalue weighted by molar-refractivity contribution is 7.93. The number of fused-ring (bicyclic) bond motifs is 1. The lowest BCUT2D eigenvalue weighted by atomic mass is 10.1. The second-order valence-electron chi connectivity index (χ2n) is 9.02. The van der Waals surface area contributed by atoms with E-state index in [2.05, 4.69) is 5.32 Å². The number of carboxylic acids is 1. The lowest BCUT2D eigenvalue weighted by molar-refractivity contribution is -0.122. The van der Waals surface area contributed by atoms with Gasteiger partial charge in [0.2, 0.25) is 5.91 Å². The Kier molecular flexibility index (Phi) is 6.88. The highest BCUT2D eigenvalue weighted by Gasteiger charge is 2.42. The van der Waals surface area contributed by atoms with Crippen molar-refractivity contribution in [2.75, 3.05) is 4.31 Å². The zero-order chi connectivity index (χ0) is 27.7. The SMILES string of the molecule is O=C(O)c1ccc(CNC(=O)C2Cc3ccccc3N2S(=O)(=O)c2ccc(-c3ccc(F)cc3F)cc2)cc1. The number of sulfonamides is 1. The van der Waals surface area contributed by atoms with E-state index in [0.29, 0.717) is 22.4 Å². The molecule has 39 heavy (non-hydrogen) atoms. The van der Waals surface area contributed by atoms with Crippen LogP contribution in [0.25, 0.3) is 11.1 Å². The van der Waals surface area contributed by atoms with Crippen molar-refractivity contribution in [2.24, 2.45) is 0 Å². The lowest BCUT2D eigenvalue weighted by Crippen LogP contribution is -2.47. The Morgan fingerprint density at radius 3 is 2.28 bits per heavy atom. The third-order valence-electron chi connectivity index (χ3n) is 6.55. The van der Waals surface area contributed by atoms with E-state index >= 15 is 0 Å². The molecule has 1 unspecified atom stereocenters. The maximum Gasteiger partial charge on any atom is 0.335 e. The van der Waals surface area contributed by atoms with Gasteiger partial charge < -0.3 is 10.4 Å². The number of carbonyl (C=O) groups is 2. The molecule has 7 nitrogen and oxygen atoms in total. The van der Waals surface area contributed by atoms with Gasteiger partial charge in [-0.15, -0.1) is 0 Å². The Labute approximate surface area is 223 Å².